The van der Waals surface area contributed by atoms with E-state index in [-0.39, 0.29) is 17.5 Å². The van der Waals surface area contributed by atoms with Gasteiger partial charge in [-0.3, -0.25) is 0 Å². The number of hydrogen-bond acceptors (Lipinski definition) is 6. The zero-order valence-corrected chi connectivity index (χ0v) is 11.1. The van der Waals surface area contributed by atoms with Crippen LogP contribution in [0.3, 0.4) is 0 Å². The Morgan fingerprint density at radius 1 is 1.24 bits per heavy atom. The van der Waals surface area contributed by atoms with E-state index in [1.807, 2.05) is 6.92 Å². The van der Waals surface area contributed by atoms with E-state index < -0.39 is 6.36 Å². The highest BCUT2D eigenvalue weighted by Gasteiger charge is 2.32. The van der Waals surface area contributed by atoms with E-state index in [0.717, 1.165) is 6.54 Å². The third-order valence-corrected chi connectivity index (χ3v) is 2.35. The summed E-state index contributed by atoms with van der Waals surface area (Å²) < 4.78 is 46.0. The Labute approximate surface area is 118 Å². The van der Waals surface area contributed by atoms with Gasteiger partial charge in [0.05, 0.1) is 12.2 Å². The number of rotatable bonds is 6. The minimum Gasteiger partial charge on any atom is -0.406 e. The Hall–Kier alpha value is -2.29. The minimum absolute atomic E-state index is 0.0128. The van der Waals surface area contributed by atoms with Crippen molar-refractivity contribution in [2.75, 3.05) is 11.9 Å². The maximum absolute atomic E-state index is 12.3. The molecule has 0 aliphatic rings. The van der Waals surface area contributed by atoms with Crippen LogP contribution in [0.4, 0.5) is 24.9 Å². The van der Waals surface area contributed by atoms with E-state index >= 15 is 0 Å². The van der Waals surface area contributed by atoms with Crippen LogP contribution in [0.25, 0.3) is 0 Å². The fourth-order valence-electron chi connectivity index (χ4n) is 1.51. The maximum atomic E-state index is 12.3. The highest BCUT2D eigenvalue weighted by atomic mass is 19.4. The number of hydrogen-bond donors (Lipinski definition) is 2. The molecule has 6 nitrogen and oxygen atoms in total. The second-order valence-electron chi connectivity index (χ2n) is 3.95. The number of para-hydroxylation sites is 2. The molecule has 2 aromatic rings. The molecule has 2 rings (SSSR count). The van der Waals surface area contributed by atoms with Crippen molar-refractivity contribution in [2.45, 2.75) is 19.8 Å². The zero-order valence-electron chi connectivity index (χ0n) is 11.1. The molecular weight excluding hydrogens is 289 g/mol. The molecule has 114 valence electrons. The Morgan fingerprint density at radius 3 is 2.71 bits per heavy atom. The molecule has 0 fully saturated rings. The second kappa shape index (κ2) is 6.44. The summed E-state index contributed by atoms with van der Waals surface area (Å²) in [5.74, 6) is -0.0509. The van der Waals surface area contributed by atoms with E-state index in [1.165, 1.54) is 18.2 Å². The van der Waals surface area contributed by atoms with Crippen LogP contribution in [0.1, 0.15) is 12.8 Å². The molecule has 0 bridgehead atoms. The van der Waals surface area contributed by atoms with Gasteiger partial charge in [-0.1, -0.05) is 24.2 Å². The summed E-state index contributed by atoms with van der Waals surface area (Å²) >= 11 is 0. The third kappa shape index (κ3) is 4.63. The van der Waals surface area contributed by atoms with Gasteiger partial charge in [0.25, 0.3) is 0 Å². The Kier molecular flexibility index (Phi) is 4.63. The highest BCUT2D eigenvalue weighted by Crippen LogP contribution is 2.31. The monoisotopic (exact) mass is 302 g/mol. The quantitative estimate of drug-likeness (QED) is 0.855. The van der Waals surface area contributed by atoms with Crippen molar-refractivity contribution in [3.05, 3.63) is 30.2 Å². The number of benzene rings is 1. The topological polar surface area (TPSA) is 72.2 Å². The predicted octanol–water partition coefficient (Wildman–Crippen LogP) is 2.82. The fraction of sp³-hybridized carbons (Fsp3) is 0.333. The molecule has 2 N–H and O–H groups in total. The summed E-state index contributed by atoms with van der Waals surface area (Å²) in [6, 6.07) is 5.57. The van der Waals surface area contributed by atoms with Crippen molar-refractivity contribution in [2.24, 2.45) is 0 Å². The van der Waals surface area contributed by atoms with E-state index in [0.29, 0.717) is 12.4 Å². The SMILES string of the molecule is CCNCc1nnc(Nc2ccccc2OC(F)(F)F)o1. The van der Waals surface area contributed by atoms with E-state index in [2.05, 4.69) is 25.6 Å². The average molecular weight is 302 g/mol. The molecule has 0 unspecified atom stereocenters. The number of nitrogens with zero attached hydrogens (tertiary/aromatic N) is 2. The zero-order chi connectivity index (χ0) is 15.3. The lowest BCUT2D eigenvalue weighted by atomic mass is 10.3. The number of halogens is 3. The van der Waals surface area contributed by atoms with E-state index in [9.17, 15) is 13.2 Å². The smallest absolute Gasteiger partial charge is 0.406 e. The van der Waals surface area contributed by atoms with Crippen molar-refractivity contribution in [1.82, 2.24) is 15.5 Å². The second-order valence-corrected chi connectivity index (χ2v) is 3.95. The Balaban J connectivity index is 2.10. The summed E-state index contributed by atoms with van der Waals surface area (Å²) in [5, 5.41) is 13.0. The van der Waals surface area contributed by atoms with Crippen molar-refractivity contribution >= 4 is 11.7 Å². The average Bonchev–Trinajstić information content (AvgIpc) is 2.85. The molecule has 1 aromatic heterocycles. The molecule has 1 aromatic carbocycles. The van der Waals surface area contributed by atoms with Crippen molar-refractivity contribution in [3.8, 4) is 5.75 Å². The molecule has 1 heterocycles. The molecule has 9 heteroatoms. The molecule has 0 saturated heterocycles. The van der Waals surface area contributed by atoms with Gasteiger partial charge in [0.2, 0.25) is 5.89 Å². The molecule has 0 aliphatic carbocycles. The lowest BCUT2D eigenvalue weighted by Crippen LogP contribution is -2.17. The van der Waals surface area contributed by atoms with Gasteiger partial charge in [-0.25, -0.2) is 0 Å². The first-order chi connectivity index (χ1) is 9.98. The Morgan fingerprint density at radius 2 is 2.00 bits per heavy atom. The van der Waals surface area contributed by atoms with Gasteiger partial charge in [0, 0.05) is 0 Å². The summed E-state index contributed by atoms with van der Waals surface area (Å²) in [4.78, 5) is 0. The molecule has 0 amide bonds. The number of aromatic nitrogens is 2. The van der Waals surface area contributed by atoms with E-state index in [4.69, 9.17) is 4.42 Å². The normalized spacial score (nSPS) is 11.4. The van der Waals surface area contributed by atoms with Gasteiger partial charge >= 0.3 is 12.4 Å². The minimum atomic E-state index is -4.77. The fourth-order valence-corrected chi connectivity index (χ4v) is 1.51. The van der Waals surface area contributed by atoms with Gasteiger partial charge in [0.15, 0.2) is 5.75 Å². The van der Waals surface area contributed by atoms with Crippen LogP contribution in [0.5, 0.6) is 5.75 Å². The molecule has 0 atom stereocenters. The summed E-state index contributed by atoms with van der Waals surface area (Å²) in [7, 11) is 0. The van der Waals surface area contributed by atoms with Crippen LogP contribution >= 0.6 is 0 Å². The van der Waals surface area contributed by atoms with Crippen LogP contribution in [0.2, 0.25) is 0 Å². The van der Waals surface area contributed by atoms with Crippen LogP contribution in [-0.4, -0.2) is 23.1 Å². The van der Waals surface area contributed by atoms with Crippen molar-refractivity contribution < 1.29 is 22.3 Å². The molecule has 0 spiro atoms. The van der Waals surface area contributed by atoms with Crippen LogP contribution in [-0.2, 0) is 6.54 Å². The van der Waals surface area contributed by atoms with Gasteiger partial charge in [-0.15, -0.1) is 18.3 Å². The predicted molar refractivity (Wildman–Crippen MR) is 68.1 cm³/mol. The van der Waals surface area contributed by atoms with Gasteiger partial charge < -0.3 is 19.8 Å². The molecular formula is C12H13F3N4O2. The largest absolute Gasteiger partial charge is 0.573 e. The maximum Gasteiger partial charge on any atom is 0.573 e. The molecule has 0 saturated carbocycles. The standard InChI is InChI=1S/C12H13F3N4O2/c1-2-16-7-10-18-19-11(20-10)17-8-5-3-4-6-9(8)21-12(13,14)15/h3-6,16H,2,7H2,1H3,(H,17,19). The first-order valence-corrected chi connectivity index (χ1v) is 6.13. The number of anilines is 2. The first kappa shape index (κ1) is 15.1. The van der Waals surface area contributed by atoms with E-state index in [1.54, 1.807) is 6.07 Å². The van der Waals surface area contributed by atoms with Gasteiger partial charge in [-0.2, -0.15) is 0 Å². The lowest BCUT2D eigenvalue weighted by Gasteiger charge is -2.12. The summed E-state index contributed by atoms with van der Waals surface area (Å²) in [6.45, 7) is 3.03. The van der Waals surface area contributed by atoms with Crippen LogP contribution in [0.15, 0.2) is 28.7 Å². The van der Waals surface area contributed by atoms with Gasteiger partial charge in [-0.05, 0) is 18.7 Å². The Bertz CT molecular complexity index is 586. The lowest BCUT2D eigenvalue weighted by molar-refractivity contribution is -0.274. The molecule has 0 aliphatic heterocycles. The summed E-state index contributed by atoms with van der Waals surface area (Å²) in [5.41, 5.74) is 0.0773. The third-order valence-electron chi connectivity index (χ3n) is 2.35. The number of alkyl halides is 3. The van der Waals surface area contributed by atoms with Gasteiger partial charge in [0.1, 0.15) is 0 Å². The highest BCUT2D eigenvalue weighted by molar-refractivity contribution is 5.61. The molecule has 0 radical (unpaired) electrons. The number of ether oxygens (including phenoxy) is 1. The first-order valence-electron chi connectivity index (χ1n) is 6.13. The molecule has 21 heavy (non-hydrogen) atoms. The van der Waals surface area contributed by atoms with Crippen LogP contribution in [0, 0.1) is 0 Å². The van der Waals surface area contributed by atoms with Crippen molar-refractivity contribution in [1.29, 1.82) is 0 Å². The summed E-state index contributed by atoms with van der Waals surface area (Å²) in [6.07, 6.45) is -4.77. The van der Waals surface area contributed by atoms with Crippen molar-refractivity contribution in [3.63, 3.8) is 0 Å². The van der Waals surface area contributed by atoms with Crippen LogP contribution < -0.4 is 15.4 Å². The number of nitrogens with one attached hydrogen (secondary N) is 2.